The molecule has 4 amide bonds. The number of aliphatic imine (C=N–C) groups is 1. The van der Waals surface area contributed by atoms with E-state index in [0.29, 0.717) is 30.8 Å². The van der Waals surface area contributed by atoms with Gasteiger partial charge in [-0.2, -0.15) is 0 Å². The third kappa shape index (κ3) is 7.98. The number of rotatable bonds is 6. The number of carbonyl (C=O) groups excluding carboxylic acids is 3. The Morgan fingerprint density at radius 1 is 1.24 bits per heavy atom. The van der Waals surface area contributed by atoms with Crippen LogP contribution in [0.5, 0.6) is 0 Å². The zero-order chi connectivity index (χ0) is 28.3. The molecule has 3 N–H and O–H groups in total. The van der Waals surface area contributed by atoms with Gasteiger partial charge in [0, 0.05) is 18.9 Å². The van der Waals surface area contributed by atoms with E-state index in [4.69, 9.17) is 18.2 Å². The molecule has 3 rings (SSSR count). The molecule has 0 unspecified atom stereocenters. The van der Waals surface area contributed by atoms with E-state index in [1.165, 1.54) is 0 Å². The van der Waals surface area contributed by atoms with Gasteiger partial charge in [0.05, 0.1) is 18.6 Å². The van der Waals surface area contributed by atoms with E-state index in [-0.39, 0.29) is 24.6 Å². The van der Waals surface area contributed by atoms with E-state index in [9.17, 15) is 19.6 Å². The van der Waals surface area contributed by atoms with Gasteiger partial charge < -0.3 is 28.4 Å². The van der Waals surface area contributed by atoms with Crippen molar-refractivity contribution in [3.8, 4) is 0 Å². The summed E-state index contributed by atoms with van der Waals surface area (Å²) < 4.78 is 21.8. The number of aromatic nitrogens is 1. The smallest absolute Gasteiger partial charge is 0.437 e. The summed E-state index contributed by atoms with van der Waals surface area (Å²) >= 11 is 1.08. The van der Waals surface area contributed by atoms with Gasteiger partial charge >= 0.3 is 18.2 Å². The van der Waals surface area contributed by atoms with Gasteiger partial charge in [-0.05, 0) is 66.4 Å². The van der Waals surface area contributed by atoms with Crippen molar-refractivity contribution in [3.05, 3.63) is 17.5 Å². The first kappa shape index (κ1) is 29.5. The van der Waals surface area contributed by atoms with E-state index >= 15 is 0 Å². The minimum atomic E-state index is -0.913. The fourth-order valence-corrected chi connectivity index (χ4v) is 4.34. The van der Waals surface area contributed by atoms with Gasteiger partial charge in [0.2, 0.25) is 5.96 Å². The second-order valence-electron chi connectivity index (χ2n) is 10.9. The highest BCUT2D eigenvalue weighted by Crippen LogP contribution is 2.38. The minimum absolute atomic E-state index is 0.0205. The summed E-state index contributed by atoms with van der Waals surface area (Å²) in [7, 11) is 0. The molecule has 0 radical (unpaired) electrons. The quantitative estimate of drug-likeness (QED) is 0.202. The molecule has 2 bridgehead atoms. The van der Waals surface area contributed by atoms with Gasteiger partial charge in [0.1, 0.15) is 23.0 Å². The Hall–Kier alpha value is -3.04. The number of hydroxylamine groups is 2. The van der Waals surface area contributed by atoms with Gasteiger partial charge in [0.25, 0.3) is 0 Å². The molecule has 14 nitrogen and oxygen atoms in total. The molecule has 1 aromatic heterocycles. The van der Waals surface area contributed by atoms with Crippen molar-refractivity contribution in [2.75, 3.05) is 19.3 Å². The van der Waals surface area contributed by atoms with Crippen LogP contribution in [0.1, 0.15) is 78.0 Å². The molecular weight excluding hydrogens is 520 g/mol. The highest BCUT2D eigenvalue weighted by atomic mass is 32.2. The van der Waals surface area contributed by atoms with Crippen LogP contribution in [-0.2, 0) is 13.7 Å². The summed E-state index contributed by atoms with van der Waals surface area (Å²) in [4.78, 5) is 42.4. The Kier molecular flexibility index (Phi) is 9.15. The molecule has 2 aliphatic rings. The van der Waals surface area contributed by atoms with Crippen LogP contribution in [0.3, 0.4) is 0 Å². The topological polar surface area (TPSA) is 168 Å². The molecule has 0 spiro atoms. The monoisotopic (exact) mass is 556 g/mol. The van der Waals surface area contributed by atoms with E-state index in [1.807, 2.05) is 0 Å². The number of piperidine rings is 1. The number of nitrogens with zero attached hydrogens (tertiary/aromatic N) is 4. The van der Waals surface area contributed by atoms with E-state index in [0.717, 1.165) is 17.1 Å². The van der Waals surface area contributed by atoms with Gasteiger partial charge in [-0.25, -0.2) is 19.4 Å². The number of nitrogens with one attached hydrogen (secondary N) is 2. The van der Waals surface area contributed by atoms with Gasteiger partial charge in [-0.3, -0.25) is 10.5 Å². The lowest BCUT2D eigenvalue weighted by Crippen LogP contribution is -2.45. The summed E-state index contributed by atoms with van der Waals surface area (Å²) in [5, 5.41) is 20.2. The van der Waals surface area contributed by atoms with Crippen LogP contribution < -0.4 is 10.6 Å². The van der Waals surface area contributed by atoms with Crippen LogP contribution in [0.15, 0.2) is 15.6 Å². The zero-order valence-electron chi connectivity index (χ0n) is 22.6. The third-order valence-corrected chi connectivity index (χ3v) is 5.86. The summed E-state index contributed by atoms with van der Waals surface area (Å²) in [5.41, 5.74) is -1.03. The third-order valence-electron chi connectivity index (χ3n) is 5.43. The average molecular weight is 557 g/mol. The maximum absolute atomic E-state index is 12.4. The summed E-state index contributed by atoms with van der Waals surface area (Å²) in [5.74, 6) is 0.150. The van der Waals surface area contributed by atoms with Crippen molar-refractivity contribution in [2.24, 2.45) is 4.99 Å². The molecule has 0 saturated carbocycles. The number of urea groups is 1. The maximum Gasteiger partial charge on any atom is 0.437 e. The van der Waals surface area contributed by atoms with Crippen LogP contribution >= 0.6 is 12.0 Å². The Bertz CT molecular complexity index is 1050. The lowest BCUT2D eigenvalue weighted by atomic mass is 9.98. The second-order valence-corrected chi connectivity index (χ2v) is 11.4. The number of amides is 4. The number of alkyl carbamates (subject to hydrolysis) is 1. The molecule has 2 aliphatic heterocycles. The molecule has 2 saturated heterocycles. The lowest BCUT2D eigenvalue weighted by molar-refractivity contribution is -0.0584. The predicted octanol–water partition coefficient (Wildman–Crippen LogP) is 3.75. The minimum Gasteiger partial charge on any atom is -0.444 e. The van der Waals surface area contributed by atoms with Crippen molar-refractivity contribution in [1.29, 1.82) is 0 Å². The Morgan fingerprint density at radius 3 is 2.55 bits per heavy atom. The van der Waals surface area contributed by atoms with Crippen molar-refractivity contribution in [3.63, 3.8) is 0 Å². The standard InChI is InChI=1S/C23H36N6O8S/c1-22(2,3)34-19(30)25-18(26-20(31)35-23(4,5)6)24-11-17(37-38-7)16-10-14(27-36-16)15-9-8-13-12-28(15)21(32)29(13)33/h10,13,15,17,33H,8-9,11-12H2,1-7H3,(H2,24,25,26,30,31)/t13-,15-,17+/m0/s1. The molecule has 3 heterocycles. The molecule has 15 heteroatoms. The highest BCUT2D eigenvalue weighted by molar-refractivity contribution is 7.93. The molecule has 3 atom stereocenters. The first-order valence-electron chi connectivity index (χ1n) is 12.2. The molecule has 0 aliphatic carbocycles. The fraction of sp³-hybridized carbons (Fsp3) is 0.696. The van der Waals surface area contributed by atoms with Crippen molar-refractivity contribution in [2.45, 2.75) is 83.8 Å². The van der Waals surface area contributed by atoms with E-state index in [1.54, 1.807) is 58.8 Å². The number of hydrogen-bond acceptors (Lipinski definition) is 10. The summed E-state index contributed by atoms with van der Waals surface area (Å²) in [6.45, 7) is 10.6. The average Bonchev–Trinajstić information content (AvgIpc) is 3.34. The van der Waals surface area contributed by atoms with Crippen LogP contribution in [-0.4, -0.2) is 81.1 Å². The Balaban J connectivity index is 1.73. The van der Waals surface area contributed by atoms with Gasteiger partial charge in [0.15, 0.2) is 5.76 Å². The van der Waals surface area contributed by atoms with Crippen molar-refractivity contribution in [1.82, 2.24) is 25.8 Å². The number of hydrogen-bond donors (Lipinski definition) is 3. The number of ether oxygens (including phenoxy) is 2. The van der Waals surface area contributed by atoms with Gasteiger partial charge in [-0.15, -0.1) is 4.99 Å². The highest BCUT2D eigenvalue weighted by Gasteiger charge is 2.45. The second kappa shape index (κ2) is 11.8. The lowest BCUT2D eigenvalue weighted by Gasteiger charge is -2.28. The van der Waals surface area contributed by atoms with Crippen LogP contribution in [0.2, 0.25) is 0 Å². The predicted molar refractivity (Wildman–Crippen MR) is 136 cm³/mol. The van der Waals surface area contributed by atoms with E-state index in [2.05, 4.69) is 20.8 Å². The first-order chi connectivity index (χ1) is 17.7. The molecule has 1 aromatic rings. The maximum atomic E-state index is 12.4. The molecule has 38 heavy (non-hydrogen) atoms. The summed E-state index contributed by atoms with van der Waals surface area (Å²) in [6, 6.07) is 0.667. The van der Waals surface area contributed by atoms with Crippen molar-refractivity contribution >= 4 is 36.2 Å². The van der Waals surface area contributed by atoms with Crippen LogP contribution in [0.4, 0.5) is 14.4 Å². The Morgan fingerprint density at radius 2 is 1.92 bits per heavy atom. The van der Waals surface area contributed by atoms with E-state index < -0.39 is 35.5 Å². The Labute approximate surface area is 225 Å². The molecule has 2 fully saturated rings. The largest absolute Gasteiger partial charge is 0.444 e. The number of carbonyl (C=O) groups is 3. The molecule has 0 aromatic carbocycles. The van der Waals surface area contributed by atoms with Crippen LogP contribution in [0.25, 0.3) is 0 Å². The normalized spacial score (nSPS) is 20.8. The number of fused-ring (bicyclic) bond motifs is 2. The zero-order valence-corrected chi connectivity index (χ0v) is 23.5. The molecule has 212 valence electrons. The van der Waals surface area contributed by atoms with Crippen LogP contribution in [0, 0.1) is 0 Å². The van der Waals surface area contributed by atoms with Gasteiger partial charge in [-0.1, -0.05) is 5.16 Å². The first-order valence-corrected chi connectivity index (χ1v) is 13.3. The fourth-order valence-electron chi connectivity index (χ4n) is 3.95. The van der Waals surface area contributed by atoms with Crippen molar-refractivity contribution < 1.29 is 37.8 Å². The number of guanidine groups is 1. The SMILES string of the molecule is CSO[C@H](CN/C(=N\C(=O)OC(C)(C)C)NC(=O)OC(C)(C)C)c1cc([C@@H]2CC[C@H]3CN2C(=O)N3O)no1. The molecular formula is C23H36N6O8S. The summed E-state index contributed by atoms with van der Waals surface area (Å²) in [6.07, 6.45) is 0.538.